The molecule has 12 heteroatoms. The van der Waals surface area contributed by atoms with E-state index in [1.807, 2.05) is 0 Å². The second-order valence-electron chi connectivity index (χ2n) is 7.53. The van der Waals surface area contributed by atoms with Gasteiger partial charge in [-0.2, -0.15) is 26.3 Å². The molecule has 0 spiro atoms. The molecule has 1 aromatic carbocycles. The van der Waals surface area contributed by atoms with Crippen LogP contribution in [0.25, 0.3) is 11.3 Å². The van der Waals surface area contributed by atoms with Gasteiger partial charge in [0.15, 0.2) is 0 Å². The third-order valence-corrected chi connectivity index (χ3v) is 5.15. The van der Waals surface area contributed by atoms with Crippen LogP contribution in [0.15, 0.2) is 30.3 Å². The maximum atomic E-state index is 13.5. The lowest BCUT2D eigenvalue weighted by Crippen LogP contribution is -2.46. The van der Waals surface area contributed by atoms with E-state index in [0.29, 0.717) is 0 Å². The van der Waals surface area contributed by atoms with E-state index in [2.05, 4.69) is 4.98 Å². The molecule has 0 radical (unpaired) electrons. The van der Waals surface area contributed by atoms with Gasteiger partial charge in [-0.15, -0.1) is 0 Å². The van der Waals surface area contributed by atoms with Crippen LogP contribution in [0.3, 0.4) is 0 Å². The Hall–Kier alpha value is -2.89. The molecule has 2 heterocycles. The zero-order valence-corrected chi connectivity index (χ0v) is 16.6. The van der Waals surface area contributed by atoms with Crippen molar-refractivity contribution in [2.45, 2.75) is 30.6 Å². The van der Waals surface area contributed by atoms with Crippen LogP contribution in [0.4, 0.5) is 30.7 Å². The number of hydrogen-bond donors (Lipinski definition) is 2. The van der Waals surface area contributed by atoms with Crippen molar-refractivity contribution in [3.05, 3.63) is 47.4 Å². The summed E-state index contributed by atoms with van der Waals surface area (Å²) in [6, 6.07) is 5.62. The molecule has 32 heavy (non-hydrogen) atoms. The molecule has 1 aromatic heterocycles. The molecule has 0 saturated heterocycles. The third-order valence-electron chi connectivity index (χ3n) is 5.15. The van der Waals surface area contributed by atoms with Crippen LogP contribution in [-0.4, -0.2) is 42.9 Å². The van der Waals surface area contributed by atoms with Gasteiger partial charge in [0.2, 0.25) is 5.91 Å². The maximum absolute atomic E-state index is 13.5. The molecular formula is C20H18F7N3O2. The maximum Gasteiger partial charge on any atom is 0.405 e. The summed E-state index contributed by atoms with van der Waals surface area (Å²) in [6.07, 6.45) is -9.46. The SMILES string of the molecule is C[C@]1(C(=O)NCC(F)(F)F)COc2c1cc([C@@H](CN)C(F)(F)F)nc2-c1ccc(F)cc1. The van der Waals surface area contributed by atoms with Crippen LogP contribution in [0, 0.1) is 5.82 Å². The summed E-state index contributed by atoms with van der Waals surface area (Å²) in [5.41, 5.74) is 3.10. The minimum atomic E-state index is -4.77. The van der Waals surface area contributed by atoms with Crippen molar-refractivity contribution >= 4 is 5.91 Å². The third kappa shape index (κ3) is 4.64. The van der Waals surface area contributed by atoms with E-state index in [-0.39, 0.29) is 22.6 Å². The van der Waals surface area contributed by atoms with Crippen molar-refractivity contribution in [1.29, 1.82) is 0 Å². The summed E-state index contributed by atoms with van der Waals surface area (Å²) in [6.45, 7) is -1.64. The van der Waals surface area contributed by atoms with E-state index in [9.17, 15) is 35.5 Å². The fourth-order valence-corrected chi connectivity index (χ4v) is 3.37. The number of nitrogens with two attached hydrogens (primary N) is 1. The normalized spacial score (nSPS) is 19.3. The number of amides is 1. The Morgan fingerprint density at radius 3 is 2.38 bits per heavy atom. The molecule has 0 fully saturated rings. The van der Waals surface area contributed by atoms with Crippen molar-refractivity contribution < 1.29 is 40.3 Å². The first-order valence-corrected chi connectivity index (χ1v) is 9.32. The molecule has 1 amide bonds. The average Bonchev–Trinajstić information content (AvgIpc) is 3.03. The highest BCUT2D eigenvalue weighted by atomic mass is 19.4. The van der Waals surface area contributed by atoms with Crippen LogP contribution in [0.2, 0.25) is 0 Å². The summed E-state index contributed by atoms with van der Waals surface area (Å²) in [5, 5.41) is 1.74. The highest BCUT2D eigenvalue weighted by Crippen LogP contribution is 2.46. The Balaban J connectivity index is 2.16. The first-order valence-electron chi connectivity index (χ1n) is 9.32. The summed E-state index contributed by atoms with van der Waals surface area (Å²) >= 11 is 0. The summed E-state index contributed by atoms with van der Waals surface area (Å²) < 4.78 is 97.2. The predicted octanol–water partition coefficient (Wildman–Crippen LogP) is 3.82. The van der Waals surface area contributed by atoms with Gasteiger partial charge in [-0.25, -0.2) is 9.37 Å². The topological polar surface area (TPSA) is 77.2 Å². The standard InChI is InChI=1S/C20H18F7N3O2/c1-18(17(31)29-8-19(22,23)24)9-32-16-12(18)6-14(13(7-28)20(25,26)27)30-15(16)10-2-4-11(21)5-3-10/h2-6,13H,7-9,28H2,1H3,(H,29,31)/t13-,18+/m1/s1. The van der Waals surface area contributed by atoms with Gasteiger partial charge < -0.3 is 15.8 Å². The van der Waals surface area contributed by atoms with Crippen molar-refractivity contribution in [2.24, 2.45) is 5.73 Å². The number of hydrogen-bond acceptors (Lipinski definition) is 4. The number of fused-ring (bicyclic) bond motifs is 1. The molecule has 2 aromatic rings. The van der Waals surface area contributed by atoms with Crippen LogP contribution in [-0.2, 0) is 10.2 Å². The van der Waals surface area contributed by atoms with E-state index < -0.39 is 60.8 Å². The number of halogens is 7. The van der Waals surface area contributed by atoms with Gasteiger partial charge in [-0.3, -0.25) is 4.79 Å². The molecule has 3 rings (SSSR count). The second kappa shape index (κ2) is 8.23. The van der Waals surface area contributed by atoms with Gasteiger partial charge >= 0.3 is 12.4 Å². The Kier molecular flexibility index (Phi) is 6.11. The molecule has 0 saturated carbocycles. The lowest BCUT2D eigenvalue weighted by Gasteiger charge is -2.24. The largest absolute Gasteiger partial charge is 0.489 e. The molecular weight excluding hydrogens is 447 g/mol. The predicted molar refractivity (Wildman–Crippen MR) is 99.4 cm³/mol. The number of aromatic nitrogens is 1. The van der Waals surface area contributed by atoms with Crippen molar-refractivity contribution in [1.82, 2.24) is 10.3 Å². The molecule has 3 N–H and O–H groups in total. The summed E-state index contributed by atoms with van der Waals surface area (Å²) in [4.78, 5) is 16.6. The number of alkyl halides is 6. The van der Waals surface area contributed by atoms with Crippen LogP contribution >= 0.6 is 0 Å². The Morgan fingerprint density at radius 1 is 1.22 bits per heavy atom. The lowest BCUT2D eigenvalue weighted by molar-refractivity contribution is -0.148. The van der Waals surface area contributed by atoms with Crippen LogP contribution < -0.4 is 15.8 Å². The fraction of sp³-hybridized carbons (Fsp3) is 0.400. The van der Waals surface area contributed by atoms with E-state index in [1.54, 1.807) is 5.32 Å². The smallest absolute Gasteiger partial charge is 0.405 e. The number of ether oxygens (including phenoxy) is 1. The zero-order chi connectivity index (χ0) is 23.9. The molecule has 1 aliphatic rings. The van der Waals surface area contributed by atoms with Gasteiger partial charge in [0.25, 0.3) is 0 Å². The molecule has 2 atom stereocenters. The van der Waals surface area contributed by atoms with Gasteiger partial charge in [0, 0.05) is 17.7 Å². The number of nitrogens with zero attached hydrogens (tertiary/aromatic N) is 1. The van der Waals surface area contributed by atoms with Crippen LogP contribution in [0.1, 0.15) is 24.1 Å². The van der Waals surface area contributed by atoms with Gasteiger partial charge in [-0.1, -0.05) is 0 Å². The molecule has 0 unspecified atom stereocenters. The Morgan fingerprint density at radius 2 is 1.84 bits per heavy atom. The van der Waals surface area contributed by atoms with Crippen LogP contribution in [0.5, 0.6) is 5.75 Å². The zero-order valence-electron chi connectivity index (χ0n) is 16.6. The number of pyridine rings is 1. The van der Waals surface area contributed by atoms with E-state index in [1.165, 1.54) is 19.1 Å². The van der Waals surface area contributed by atoms with Crippen molar-refractivity contribution in [3.8, 4) is 17.0 Å². The lowest BCUT2D eigenvalue weighted by atomic mass is 9.82. The number of nitrogens with one attached hydrogen (secondary N) is 1. The number of rotatable bonds is 5. The second-order valence-corrected chi connectivity index (χ2v) is 7.53. The minimum absolute atomic E-state index is 0.0656. The van der Waals surface area contributed by atoms with Gasteiger partial charge in [0.1, 0.15) is 41.7 Å². The Bertz CT molecular complexity index is 1010. The molecule has 174 valence electrons. The fourth-order valence-electron chi connectivity index (χ4n) is 3.37. The average molecular weight is 465 g/mol. The number of carbonyl (C=O) groups excluding carboxylic acids is 1. The van der Waals surface area contributed by atoms with Gasteiger partial charge in [-0.05, 0) is 37.3 Å². The molecule has 0 aliphatic carbocycles. The van der Waals surface area contributed by atoms with Crippen molar-refractivity contribution in [3.63, 3.8) is 0 Å². The number of benzene rings is 1. The highest BCUT2D eigenvalue weighted by molar-refractivity contribution is 5.91. The minimum Gasteiger partial charge on any atom is -0.489 e. The molecule has 1 aliphatic heterocycles. The molecule has 5 nitrogen and oxygen atoms in total. The van der Waals surface area contributed by atoms with E-state index in [0.717, 1.165) is 18.2 Å². The van der Waals surface area contributed by atoms with Gasteiger partial charge in [0.05, 0.1) is 5.69 Å². The first kappa shape index (κ1) is 23.8. The monoisotopic (exact) mass is 465 g/mol. The quantitative estimate of drug-likeness (QED) is 0.659. The van der Waals surface area contributed by atoms with E-state index >= 15 is 0 Å². The van der Waals surface area contributed by atoms with E-state index in [4.69, 9.17) is 10.5 Å². The highest BCUT2D eigenvalue weighted by Gasteiger charge is 2.48. The first-order chi connectivity index (χ1) is 14.8. The molecule has 0 bridgehead atoms. The Labute approximate surface area is 177 Å². The number of carbonyl (C=O) groups is 1. The summed E-state index contributed by atoms with van der Waals surface area (Å²) in [5.74, 6) is -3.95. The van der Waals surface area contributed by atoms with Crippen molar-refractivity contribution in [2.75, 3.05) is 19.7 Å². The summed E-state index contributed by atoms with van der Waals surface area (Å²) in [7, 11) is 0.